The summed E-state index contributed by atoms with van der Waals surface area (Å²) < 4.78 is 0. The van der Waals surface area contributed by atoms with Crippen LogP contribution in [-0.4, -0.2) is 169 Å². The molecule has 0 aliphatic carbocycles. The van der Waals surface area contributed by atoms with E-state index in [9.17, 15) is 0 Å². The third kappa shape index (κ3) is 7.61. The van der Waals surface area contributed by atoms with Gasteiger partial charge in [-0.3, -0.25) is 0 Å². The van der Waals surface area contributed by atoms with Gasteiger partial charge in [-0.05, 0) is 0 Å². The molecule has 0 fully saturated rings. The van der Waals surface area contributed by atoms with Crippen molar-refractivity contribution in [2.45, 2.75) is 0 Å². The first-order valence-electron chi connectivity index (χ1n) is 7.90. The molecule has 0 N–H and O–H groups in total. The summed E-state index contributed by atoms with van der Waals surface area (Å²) in [6.45, 7) is 0. The molecule has 78 valence electrons. The summed E-state index contributed by atoms with van der Waals surface area (Å²) in [6.07, 6.45) is -8.91. The molecule has 0 saturated heterocycles. The normalized spacial score (nSPS) is 9.12. The van der Waals surface area contributed by atoms with Gasteiger partial charge in [-0.25, -0.2) is 0 Å². The number of hydrogen-bond acceptors (Lipinski definition) is 1. The molecule has 25 heteroatoms. The summed E-state index contributed by atoms with van der Waals surface area (Å²) in [6, 6.07) is 1.41. The molecule has 0 aromatic rings. The zero-order chi connectivity index (χ0) is 20.1. The Morgan fingerprint density at radius 1 is 0.400 bits per heavy atom. The van der Waals surface area contributed by atoms with Crippen molar-refractivity contribution in [1.29, 1.82) is 0 Å². The second-order valence-corrected chi connectivity index (χ2v) is 6.76. The van der Waals surface area contributed by atoms with Crippen LogP contribution >= 0.6 is 12.1 Å². The number of rotatable bonds is 11. The van der Waals surface area contributed by atoms with Gasteiger partial charge >= 0.3 is 181 Å². The zero-order valence-corrected chi connectivity index (χ0v) is 15.1. The Bertz CT molecular complexity index is 320. The van der Waals surface area contributed by atoms with Crippen LogP contribution in [0.4, 0.5) is 0 Å². The van der Waals surface area contributed by atoms with E-state index in [2.05, 4.69) is 0 Å². The SMILES string of the molecule is [B]B([B])B(B([B])[B])B(B=S)B(B(B([B])[B])B([B])[B])B(B([B])[B])B([B])[B]. The predicted molar refractivity (Wildman–Crippen MR) is 146 cm³/mol. The molecule has 0 saturated carbocycles. The molecule has 0 spiro atoms. The first kappa shape index (κ1) is 26.8. The van der Waals surface area contributed by atoms with Crippen LogP contribution in [0, 0.1) is 0 Å². The van der Waals surface area contributed by atoms with Crippen molar-refractivity contribution < 1.29 is 0 Å². The third-order valence-electron chi connectivity index (χ3n) is 4.60. The Labute approximate surface area is 180 Å². The van der Waals surface area contributed by atoms with Gasteiger partial charge in [0.15, 0.2) is 0 Å². The van der Waals surface area contributed by atoms with Gasteiger partial charge in [0.2, 0.25) is 0 Å². The Morgan fingerprint density at radius 3 is 0.800 bits per heavy atom. The van der Waals surface area contributed by atoms with Gasteiger partial charge in [0.25, 0.3) is 0 Å². The van der Waals surface area contributed by atoms with Gasteiger partial charge in [-0.15, -0.1) is 0 Å². The molecule has 0 bridgehead atoms. The van der Waals surface area contributed by atoms with Crippen molar-refractivity contribution in [2.75, 3.05) is 0 Å². The van der Waals surface area contributed by atoms with E-state index in [1.807, 2.05) is 0 Å². The zero-order valence-electron chi connectivity index (χ0n) is 14.3. The van der Waals surface area contributed by atoms with Gasteiger partial charge in [0.05, 0.1) is 0 Å². The van der Waals surface area contributed by atoms with Crippen LogP contribution in [0.5, 0.6) is 0 Å². The summed E-state index contributed by atoms with van der Waals surface area (Å²) >= 11 is 5.18. The molecule has 0 aliphatic heterocycles. The first-order chi connectivity index (χ1) is 11.4. The molecule has 0 unspecified atom stereocenters. The van der Waals surface area contributed by atoms with E-state index in [4.69, 9.17) is 105 Å². The van der Waals surface area contributed by atoms with E-state index in [0.29, 0.717) is 0 Å². The fourth-order valence-electron chi connectivity index (χ4n) is 3.52. The van der Waals surface area contributed by atoms with E-state index in [1.165, 1.54) is 6.05 Å². The summed E-state index contributed by atoms with van der Waals surface area (Å²) in [5.74, 6) is 0. The molecule has 0 aromatic carbocycles. The van der Waals surface area contributed by atoms with Crippen molar-refractivity contribution in [3.05, 3.63) is 0 Å². The Kier molecular flexibility index (Phi) is 13.2. The van der Waals surface area contributed by atoms with Crippen LogP contribution in [-0.2, 0) is 0 Å². The molecule has 25 heavy (non-hydrogen) atoms. The molecule has 24 radical (unpaired) electrons. The minimum absolute atomic E-state index is 0.613. The van der Waals surface area contributed by atoms with Crippen molar-refractivity contribution in [2.24, 2.45) is 0 Å². The molecule has 0 heterocycles. The van der Waals surface area contributed by atoms with Gasteiger partial charge in [0.1, 0.15) is 0 Å². The van der Waals surface area contributed by atoms with Crippen molar-refractivity contribution in [1.82, 2.24) is 0 Å². The molecule has 0 nitrogen and oxygen atoms in total. The van der Waals surface area contributed by atoms with Crippen LogP contribution in [0.2, 0.25) is 0 Å². The average Bonchev–Trinajstić information content (AvgIpc) is 2.40. The maximum atomic E-state index is 5.90. The summed E-state index contributed by atoms with van der Waals surface area (Å²) in [5, 5.41) is 0. The summed E-state index contributed by atoms with van der Waals surface area (Å²) in [7, 11) is 70.7. The first-order valence-corrected chi connectivity index (χ1v) is 8.37. The van der Waals surface area contributed by atoms with Gasteiger partial charge in [-0.1, -0.05) is 0 Å². The third-order valence-corrected chi connectivity index (χ3v) is 4.92. The average molecular weight is 292 g/mol. The van der Waals surface area contributed by atoms with Crippen molar-refractivity contribution in [3.63, 3.8) is 0 Å². The van der Waals surface area contributed by atoms with Crippen LogP contribution in [0.1, 0.15) is 0 Å². The van der Waals surface area contributed by atoms with Crippen molar-refractivity contribution in [3.8, 4) is 0 Å². The molecule has 0 atom stereocenters. The second-order valence-electron chi connectivity index (χ2n) is 6.49. The number of hydrogen-bond donors (Lipinski definition) is 0. The van der Waals surface area contributed by atoms with Crippen LogP contribution in [0.15, 0.2) is 0 Å². The summed E-state index contributed by atoms with van der Waals surface area (Å²) in [5.41, 5.74) is 0. The van der Waals surface area contributed by atoms with Crippen molar-refractivity contribution >= 4 is 181 Å². The second kappa shape index (κ2) is 12.4. The van der Waals surface area contributed by atoms with Crippen LogP contribution in [0.3, 0.4) is 0 Å². The molecular weight excluding hydrogens is 292 g/mol. The van der Waals surface area contributed by atoms with Gasteiger partial charge < -0.3 is 0 Å². The van der Waals surface area contributed by atoms with E-state index < -0.39 is 70.2 Å². The maximum absolute atomic E-state index is 5.90. The van der Waals surface area contributed by atoms with E-state index >= 15 is 0 Å². The summed E-state index contributed by atoms with van der Waals surface area (Å²) in [4.78, 5) is 0. The predicted octanol–water partition coefficient (Wildman–Crippen LogP) is -8.49. The molecule has 0 rings (SSSR count). The molecule has 0 aliphatic rings. The van der Waals surface area contributed by atoms with Gasteiger partial charge in [-0.2, -0.15) is 0 Å². The van der Waals surface area contributed by atoms with Crippen LogP contribution < -0.4 is 0 Å². The van der Waals surface area contributed by atoms with E-state index in [-0.39, 0.29) is 0 Å². The Morgan fingerprint density at radius 2 is 0.640 bits per heavy atom. The fraction of sp³-hybridized carbons (Fsp3) is 0. The molecule has 0 aromatic heterocycles. The van der Waals surface area contributed by atoms with E-state index in [1.54, 1.807) is 0 Å². The molecule has 0 amide bonds. The molecular formula is B24S. The topological polar surface area (TPSA) is 0 Å². The Balaban J connectivity index is 6.36. The Hall–Kier alpha value is 1.78. The van der Waals surface area contributed by atoms with E-state index in [0.717, 1.165) is 0 Å². The van der Waals surface area contributed by atoms with Crippen LogP contribution in [0.25, 0.3) is 0 Å². The quantitative estimate of drug-likeness (QED) is 0.341. The fourth-order valence-corrected chi connectivity index (χ4v) is 3.88. The van der Waals surface area contributed by atoms with Gasteiger partial charge in [0, 0.05) is 0 Å². The standard InChI is InChI=1S/B24S/c1-14(2)21(15(3)4)20(13-25)24(22(16(5)6)17(7)8)23(18(9)10)19(11)12. The monoisotopic (exact) mass is 296 g/mol. The minimum atomic E-state index is -0.939.